The Morgan fingerprint density at radius 2 is 2.28 bits per heavy atom. The number of aromatic amines is 1. The van der Waals surface area contributed by atoms with E-state index in [0.29, 0.717) is 24.5 Å². The van der Waals surface area contributed by atoms with Gasteiger partial charge in [-0.15, -0.1) is 0 Å². The maximum atomic E-state index is 12.2. The molecule has 1 saturated carbocycles. The predicted octanol–water partition coefficient (Wildman–Crippen LogP) is 2.28. The van der Waals surface area contributed by atoms with E-state index in [1.165, 1.54) is 4.68 Å². The van der Waals surface area contributed by atoms with Crippen molar-refractivity contribution < 1.29 is 19.1 Å². The summed E-state index contributed by atoms with van der Waals surface area (Å²) in [5, 5.41) is 16.7. The fraction of sp³-hybridized carbons (Fsp3) is 0.579. The quantitative estimate of drug-likeness (QED) is 0.681. The Morgan fingerprint density at radius 1 is 1.45 bits per heavy atom. The van der Waals surface area contributed by atoms with Crippen LogP contribution in [0.4, 0.5) is 10.6 Å². The number of hydrogen-bond acceptors (Lipinski definition) is 6. The minimum absolute atomic E-state index is 0.0969. The number of ether oxygens (including phenoxy) is 2. The zero-order valence-electron chi connectivity index (χ0n) is 16.6. The number of anilines is 1. The van der Waals surface area contributed by atoms with Crippen LogP contribution in [0.3, 0.4) is 0 Å². The van der Waals surface area contributed by atoms with Crippen molar-refractivity contribution in [1.29, 1.82) is 0 Å². The average molecular weight is 402 g/mol. The molecule has 29 heavy (non-hydrogen) atoms. The number of rotatable bonds is 6. The van der Waals surface area contributed by atoms with Gasteiger partial charge in [0.2, 0.25) is 0 Å². The van der Waals surface area contributed by atoms with Gasteiger partial charge < -0.3 is 20.1 Å². The Kier molecular flexibility index (Phi) is 5.27. The van der Waals surface area contributed by atoms with Crippen LogP contribution >= 0.6 is 0 Å². The molecule has 0 radical (unpaired) electrons. The molecule has 1 saturated heterocycles. The highest BCUT2D eigenvalue weighted by atomic mass is 16.6. The molecule has 3 N–H and O–H groups in total. The van der Waals surface area contributed by atoms with Gasteiger partial charge in [-0.05, 0) is 31.7 Å². The average Bonchev–Trinajstić information content (AvgIpc) is 3.39. The van der Waals surface area contributed by atoms with Crippen LogP contribution in [0, 0.1) is 0 Å². The van der Waals surface area contributed by atoms with Crippen molar-refractivity contribution in [1.82, 2.24) is 25.3 Å². The van der Waals surface area contributed by atoms with Crippen molar-refractivity contribution in [3.05, 3.63) is 29.7 Å². The number of amides is 2. The third kappa shape index (κ3) is 4.12. The molecule has 1 aliphatic heterocycles. The summed E-state index contributed by atoms with van der Waals surface area (Å²) in [4.78, 5) is 24.5. The molecule has 0 aromatic carbocycles. The molecule has 2 aliphatic rings. The smallest absolute Gasteiger partial charge is 0.407 e. The fourth-order valence-corrected chi connectivity index (χ4v) is 3.81. The standard InChI is InChI=1S/C19H26N6O4/c1-3-19(6-4-7-19)22-18(27)29-12-9-15(28-11-12)13-10-16(24-23-13)21-17(26)14-5-8-20-25(14)2/h5,8,10,12,15H,3-4,6-7,9,11H2,1-2H3,(H,22,27)(H2,21,23,24,26)/t12-,15-/m1/s1. The van der Waals surface area contributed by atoms with Gasteiger partial charge in [0.05, 0.1) is 12.3 Å². The van der Waals surface area contributed by atoms with E-state index in [4.69, 9.17) is 9.47 Å². The lowest BCUT2D eigenvalue weighted by Crippen LogP contribution is -2.53. The summed E-state index contributed by atoms with van der Waals surface area (Å²) in [5.74, 6) is 0.0981. The number of carbonyl (C=O) groups is 2. The number of aryl methyl sites for hydroxylation is 1. The van der Waals surface area contributed by atoms with Crippen molar-refractivity contribution >= 4 is 17.8 Å². The molecule has 2 amide bonds. The van der Waals surface area contributed by atoms with Crippen LogP contribution in [0.5, 0.6) is 0 Å². The van der Waals surface area contributed by atoms with Crippen LogP contribution < -0.4 is 10.6 Å². The number of carbonyl (C=O) groups excluding carboxylic acids is 2. The highest BCUT2D eigenvalue weighted by Gasteiger charge is 2.38. The SMILES string of the molecule is CCC1(NC(=O)O[C@H]2CO[C@@H](c3cc(NC(=O)c4ccnn4C)n[nH]3)C2)CCC1. The van der Waals surface area contributed by atoms with E-state index in [0.717, 1.165) is 31.4 Å². The molecule has 2 fully saturated rings. The normalized spacial score (nSPS) is 22.7. The van der Waals surface area contributed by atoms with Gasteiger partial charge in [0.25, 0.3) is 5.91 Å². The highest BCUT2D eigenvalue weighted by molar-refractivity contribution is 6.02. The third-order valence-electron chi connectivity index (χ3n) is 5.83. The highest BCUT2D eigenvalue weighted by Crippen LogP contribution is 2.35. The van der Waals surface area contributed by atoms with Gasteiger partial charge in [0.15, 0.2) is 5.82 Å². The Labute approximate surface area is 168 Å². The van der Waals surface area contributed by atoms with Gasteiger partial charge in [-0.1, -0.05) is 6.92 Å². The first-order chi connectivity index (χ1) is 14.0. The number of aromatic nitrogens is 4. The maximum absolute atomic E-state index is 12.2. The van der Waals surface area contributed by atoms with Crippen LogP contribution in [0.1, 0.15) is 61.3 Å². The summed E-state index contributed by atoms with van der Waals surface area (Å²) < 4.78 is 12.8. The van der Waals surface area contributed by atoms with Gasteiger partial charge in [0.1, 0.15) is 17.9 Å². The van der Waals surface area contributed by atoms with Crippen LogP contribution in [-0.4, -0.2) is 50.2 Å². The second kappa shape index (κ2) is 7.86. The summed E-state index contributed by atoms with van der Waals surface area (Å²) in [6.45, 7) is 2.41. The molecule has 2 aromatic rings. The second-order valence-corrected chi connectivity index (χ2v) is 7.70. The van der Waals surface area contributed by atoms with E-state index < -0.39 is 0 Å². The molecular formula is C19H26N6O4. The molecule has 2 aromatic heterocycles. The Bertz CT molecular complexity index is 881. The first-order valence-corrected chi connectivity index (χ1v) is 9.93. The predicted molar refractivity (Wildman–Crippen MR) is 103 cm³/mol. The summed E-state index contributed by atoms with van der Waals surface area (Å²) in [6, 6.07) is 3.35. The van der Waals surface area contributed by atoms with E-state index in [9.17, 15) is 9.59 Å². The Balaban J connectivity index is 1.29. The van der Waals surface area contributed by atoms with E-state index in [2.05, 4.69) is 32.9 Å². The molecule has 10 heteroatoms. The van der Waals surface area contributed by atoms with Crippen LogP contribution in [0.2, 0.25) is 0 Å². The summed E-state index contributed by atoms with van der Waals surface area (Å²) >= 11 is 0. The Hall–Kier alpha value is -2.88. The van der Waals surface area contributed by atoms with E-state index >= 15 is 0 Å². The fourth-order valence-electron chi connectivity index (χ4n) is 3.81. The molecule has 4 rings (SSSR count). The lowest BCUT2D eigenvalue weighted by atomic mass is 9.75. The number of nitrogens with one attached hydrogen (secondary N) is 3. The van der Waals surface area contributed by atoms with Gasteiger partial charge in [0, 0.05) is 31.3 Å². The lowest BCUT2D eigenvalue weighted by molar-refractivity contribution is 0.0578. The van der Waals surface area contributed by atoms with Gasteiger partial charge in [-0.25, -0.2) is 4.79 Å². The zero-order valence-corrected chi connectivity index (χ0v) is 16.6. The number of hydrogen-bond donors (Lipinski definition) is 3. The largest absolute Gasteiger partial charge is 0.444 e. The molecule has 10 nitrogen and oxygen atoms in total. The first kappa shape index (κ1) is 19.4. The number of H-pyrrole nitrogens is 1. The number of nitrogens with zero attached hydrogens (tertiary/aromatic N) is 3. The maximum Gasteiger partial charge on any atom is 0.407 e. The molecule has 1 aliphatic carbocycles. The van der Waals surface area contributed by atoms with Crippen molar-refractivity contribution in [3.8, 4) is 0 Å². The van der Waals surface area contributed by atoms with E-state index in [1.807, 2.05) is 0 Å². The van der Waals surface area contributed by atoms with Crippen molar-refractivity contribution in [2.45, 2.75) is 56.8 Å². The topological polar surface area (TPSA) is 123 Å². The van der Waals surface area contributed by atoms with E-state index in [1.54, 1.807) is 25.4 Å². The molecule has 0 spiro atoms. The third-order valence-corrected chi connectivity index (χ3v) is 5.83. The minimum atomic E-state index is -0.380. The van der Waals surface area contributed by atoms with Gasteiger partial charge >= 0.3 is 6.09 Å². The number of alkyl carbamates (subject to hydrolysis) is 1. The van der Waals surface area contributed by atoms with Crippen LogP contribution in [0.15, 0.2) is 18.3 Å². The first-order valence-electron chi connectivity index (χ1n) is 9.93. The zero-order chi connectivity index (χ0) is 20.4. The molecule has 156 valence electrons. The van der Waals surface area contributed by atoms with Crippen LogP contribution in [-0.2, 0) is 16.5 Å². The molecule has 0 unspecified atom stereocenters. The summed E-state index contributed by atoms with van der Waals surface area (Å²) in [6.07, 6.45) is 5.18. The Morgan fingerprint density at radius 3 is 2.93 bits per heavy atom. The van der Waals surface area contributed by atoms with E-state index in [-0.39, 0.29) is 29.7 Å². The van der Waals surface area contributed by atoms with Crippen molar-refractivity contribution in [2.75, 3.05) is 11.9 Å². The molecule has 0 bridgehead atoms. The second-order valence-electron chi connectivity index (χ2n) is 7.70. The van der Waals surface area contributed by atoms with Gasteiger partial charge in [-0.3, -0.25) is 14.6 Å². The lowest BCUT2D eigenvalue weighted by Gasteiger charge is -2.41. The monoisotopic (exact) mass is 402 g/mol. The van der Waals surface area contributed by atoms with Crippen LogP contribution in [0.25, 0.3) is 0 Å². The molecule has 3 heterocycles. The van der Waals surface area contributed by atoms with Gasteiger partial charge in [-0.2, -0.15) is 10.2 Å². The summed E-state index contributed by atoms with van der Waals surface area (Å²) in [7, 11) is 1.70. The molecule has 2 atom stereocenters. The van der Waals surface area contributed by atoms with Crippen molar-refractivity contribution in [3.63, 3.8) is 0 Å². The van der Waals surface area contributed by atoms with Crippen molar-refractivity contribution in [2.24, 2.45) is 7.05 Å². The minimum Gasteiger partial charge on any atom is -0.444 e. The summed E-state index contributed by atoms with van der Waals surface area (Å²) in [5.41, 5.74) is 1.06. The molecular weight excluding hydrogens is 376 g/mol.